The molecule has 0 atom stereocenters. The summed E-state index contributed by atoms with van der Waals surface area (Å²) in [4.78, 5) is 1.39. The van der Waals surface area contributed by atoms with Crippen LogP contribution in [0.15, 0.2) is 15.5 Å². The molecule has 0 heterocycles. The molecular weight excluding hydrogens is 266 g/mol. The van der Waals surface area contributed by atoms with Gasteiger partial charge in [-0.1, -0.05) is 24.0 Å². The first kappa shape index (κ1) is 15.9. The lowest BCUT2D eigenvalue weighted by molar-refractivity contribution is 0.458. The van der Waals surface area contributed by atoms with Gasteiger partial charge in [0, 0.05) is 13.6 Å². The van der Waals surface area contributed by atoms with Crippen molar-refractivity contribution in [3.8, 4) is 18.2 Å². The first-order valence-corrected chi connectivity index (χ1v) is 5.93. The lowest BCUT2D eigenvalue weighted by atomic mass is 10.4. The Bertz CT molecular complexity index is 549. The first-order chi connectivity index (χ1) is 8.55. The molecule has 7 heteroatoms. The maximum Gasteiger partial charge on any atom is 0.140 e. The minimum Gasteiger partial charge on any atom is -0.762 e. The second-order valence-corrected chi connectivity index (χ2v) is 4.33. The van der Waals surface area contributed by atoms with E-state index in [2.05, 4.69) is 12.2 Å². The highest BCUT2D eigenvalue weighted by Gasteiger charge is 2.14. The molecule has 0 radical (unpaired) electrons. The number of hydrogen-bond acceptors (Lipinski definition) is 6. The monoisotopic (exact) mass is 274 g/mol. The van der Waals surface area contributed by atoms with E-state index in [1.807, 2.05) is 19.1 Å². The van der Waals surface area contributed by atoms with E-state index in [1.165, 1.54) is 0 Å². The second-order valence-electron chi connectivity index (χ2n) is 2.90. The molecule has 0 spiro atoms. The Labute approximate surface area is 115 Å². The van der Waals surface area contributed by atoms with Crippen LogP contribution in [0.1, 0.15) is 6.92 Å². The van der Waals surface area contributed by atoms with E-state index in [0.717, 1.165) is 11.8 Å². The van der Waals surface area contributed by atoms with Gasteiger partial charge < -0.3 is 10.3 Å². The van der Waals surface area contributed by atoms with E-state index in [0.29, 0.717) is 6.54 Å². The van der Waals surface area contributed by atoms with Crippen molar-refractivity contribution in [1.82, 2.24) is 4.90 Å². The van der Waals surface area contributed by atoms with E-state index < -0.39 is 0 Å². The van der Waals surface area contributed by atoms with Gasteiger partial charge in [-0.3, -0.25) is 5.87 Å². The standard InChI is InChI=1S/C11H8N5S2/c1-3-16(2)8(4-12)10(6-14)18-11(7-15)9(17)5-13/h3H2,1-2H3/q-1/b10-8+. The van der Waals surface area contributed by atoms with Gasteiger partial charge in [-0.15, -0.1) is 0 Å². The minimum atomic E-state index is -0.188. The van der Waals surface area contributed by atoms with Gasteiger partial charge in [-0.25, -0.2) is 0 Å². The topological polar surface area (TPSA) is 96.9 Å². The van der Waals surface area contributed by atoms with Gasteiger partial charge in [-0.2, -0.15) is 15.8 Å². The number of hydrogen-bond donors (Lipinski definition) is 0. The summed E-state index contributed by atoms with van der Waals surface area (Å²) in [6, 6.07) is 5.42. The van der Waals surface area contributed by atoms with Crippen LogP contribution in [-0.4, -0.2) is 29.2 Å². The maximum atomic E-state index is 9.02. The maximum absolute atomic E-state index is 9.02. The Balaban J connectivity index is 5.52. The zero-order valence-electron chi connectivity index (χ0n) is 9.76. The summed E-state index contributed by atoms with van der Waals surface area (Å²) >= 11 is 5.43. The largest absolute Gasteiger partial charge is 0.762 e. The normalized spacial score (nSPS) is 9.94. The second kappa shape index (κ2) is 8.06. The molecule has 0 aromatic carbocycles. The fourth-order valence-corrected chi connectivity index (χ4v) is 1.77. The van der Waals surface area contributed by atoms with Gasteiger partial charge in [0.2, 0.25) is 0 Å². The molecule has 18 heavy (non-hydrogen) atoms. The van der Waals surface area contributed by atoms with Crippen LogP contribution in [0.3, 0.4) is 0 Å². The van der Waals surface area contributed by atoms with Crippen LogP contribution < -0.4 is 0 Å². The van der Waals surface area contributed by atoms with Gasteiger partial charge in [-0.05, 0) is 6.92 Å². The van der Waals surface area contributed by atoms with E-state index >= 15 is 0 Å². The lowest BCUT2D eigenvalue weighted by Crippen LogP contribution is -2.17. The fourth-order valence-electron chi connectivity index (χ4n) is 0.864. The zero-order chi connectivity index (χ0) is 14.1. The molecule has 0 aliphatic heterocycles. The Morgan fingerprint density at radius 2 is 1.89 bits per heavy atom. The molecule has 0 fully saturated rings. The average molecular weight is 274 g/mol. The molecule has 0 bridgehead atoms. The van der Waals surface area contributed by atoms with Crippen molar-refractivity contribution in [2.24, 2.45) is 0 Å². The van der Waals surface area contributed by atoms with Crippen LogP contribution in [0.2, 0.25) is 0 Å². The molecule has 0 unspecified atom stereocenters. The summed E-state index contributed by atoms with van der Waals surface area (Å²) in [6.07, 6.45) is 0. The number of nitriles is 3. The summed E-state index contributed by atoms with van der Waals surface area (Å²) in [6.45, 7) is 2.37. The van der Waals surface area contributed by atoms with Crippen LogP contribution in [0, 0.1) is 34.0 Å². The van der Waals surface area contributed by atoms with Crippen LogP contribution in [0.5, 0.6) is 0 Å². The molecule has 0 aromatic rings. The Morgan fingerprint density at radius 1 is 1.28 bits per heavy atom. The average Bonchev–Trinajstić information content (AvgIpc) is 2.41. The third-order valence-corrected chi connectivity index (χ3v) is 3.30. The SMILES string of the molecule is CCN(C)/C(C#N)=C(\C#N)SC(=C=[N-])C(=S)C#N. The van der Waals surface area contributed by atoms with E-state index in [-0.39, 0.29) is 20.4 Å². The van der Waals surface area contributed by atoms with Crippen molar-refractivity contribution in [3.63, 3.8) is 0 Å². The number of thiocarbonyl (C=S) groups is 1. The van der Waals surface area contributed by atoms with Crippen LogP contribution >= 0.6 is 24.0 Å². The highest BCUT2D eigenvalue weighted by atomic mass is 32.2. The Morgan fingerprint density at radius 3 is 2.22 bits per heavy atom. The predicted octanol–water partition coefficient (Wildman–Crippen LogP) is 1.95. The van der Waals surface area contributed by atoms with Crippen molar-refractivity contribution >= 4 is 34.7 Å². The molecule has 0 aliphatic rings. The van der Waals surface area contributed by atoms with Gasteiger partial charge in [0.15, 0.2) is 0 Å². The van der Waals surface area contributed by atoms with Crippen LogP contribution in [0.25, 0.3) is 5.41 Å². The summed E-state index contributed by atoms with van der Waals surface area (Å²) in [5, 5.41) is 35.5. The van der Waals surface area contributed by atoms with Crippen molar-refractivity contribution < 1.29 is 0 Å². The molecule has 5 nitrogen and oxygen atoms in total. The van der Waals surface area contributed by atoms with E-state index in [1.54, 1.807) is 23.9 Å². The van der Waals surface area contributed by atoms with Crippen molar-refractivity contribution in [1.29, 1.82) is 15.8 Å². The van der Waals surface area contributed by atoms with E-state index in [9.17, 15) is 0 Å². The molecule has 0 aliphatic carbocycles. The molecule has 0 rings (SSSR count). The van der Waals surface area contributed by atoms with Crippen molar-refractivity contribution in [2.75, 3.05) is 13.6 Å². The predicted molar refractivity (Wildman–Crippen MR) is 74.2 cm³/mol. The highest BCUT2D eigenvalue weighted by molar-refractivity contribution is 8.09. The number of nitrogens with zero attached hydrogens (tertiary/aromatic N) is 5. The smallest absolute Gasteiger partial charge is 0.140 e. The molecule has 0 saturated carbocycles. The summed E-state index contributed by atoms with van der Waals surface area (Å²) in [7, 11) is 1.66. The quantitative estimate of drug-likeness (QED) is 0.329. The number of rotatable bonds is 5. The first-order valence-electron chi connectivity index (χ1n) is 4.70. The molecule has 0 amide bonds. The molecule has 90 valence electrons. The third kappa shape index (κ3) is 4.05. The zero-order valence-corrected chi connectivity index (χ0v) is 11.4. The van der Waals surface area contributed by atoms with Gasteiger partial charge in [0.1, 0.15) is 33.7 Å². The fraction of sp³-hybridized carbons (Fsp3) is 0.273. The van der Waals surface area contributed by atoms with Crippen molar-refractivity contribution in [2.45, 2.75) is 6.92 Å². The number of allylic oxidation sites excluding steroid dienone is 3. The van der Waals surface area contributed by atoms with Gasteiger partial charge >= 0.3 is 0 Å². The summed E-state index contributed by atoms with van der Waals surface area (Å²) < 4.78 is 0. The molecular formula is C11H8N5S2-. The van der Waals surface area contributed by atoms with E-state index in [4.69, 9.17) is 21.2 Å². The van der Waals surface area contributed by atoms with Gasteiger partial charge in [0.05, 0.1) is 4.91 Å². The highest BCUT2D eigenvalue weighted by Crippen LogP contribution is 2.27. The molecule has 0 saturated heterocycles. The number of thioether (sulfide) groups is 1. The molecule has 0 N–H and O–H groups in total. The van der Waals surface area contributed by atoms with Gasteiger partial charge in [0.25, 0.3) is 0 Å². The molecule has 0 aromatic heterocycles. The van der Waals surface area contributed by atoms with Crippen LogP contribution in [-0.2, 0) is 0 Å². The van der Waals surface area contributed by atoms with Crippen molar-refractivity contribution in [3.05, 3.63) is 20.9 Å². The lowest BCUT2D eigenvalue weighted by Gasteiger charge is -2.16. The minimum absolute atomic E-state index is 0.0519. The Kier molecular flexibility index (Phi) is 7.12. The van der Waals surface area contributed by atoms with Crippen LogP contribution in [0.4, 0.5) is 0 Å². The summed E-state index contributed by atoms with van der Waals surface area (Å²) in [5.74, 6) is 1.76. The Hall–Kier alpha value is -2.10. The summed E-state index contributed by atoms with van der Waals surface area (Å²) in [5.41, 5.74) is 0.151. The third-order valence-electron chi connectivity index (χ3n) is 1.89.